The Labute approximate surface area is 139 Å². The monoisotopic (exact) mass is 334 g/mol. The van der Waals surface area contributed by atoms with Gasteiger partial charge in [0.2, 0.25) is 5.91 Å². The maximum atomic E-state index is 12.3. The van der Waals surface area contributed by atoms with Crippen LogP contribution in [-0.2, 0) is 4.79 Å². The van der Waals surface area contributed by atoms with E-state index in [-0.39, 0.29) is 5.91 Å². The van der Waals surface area contributed by atoms with Gasteiger partial charge in [0.25, 0.3) is 0 Å². The molecule has 3 nitrogen and oxygen atoms in total. The number of carbonyl (C=O) groups is 1. The number of anilines is 1. The summed E-state index contributed by atoms with van der Waals surface area (Å²) in [5.74, 6) is 0.0360. The zero-order valence-electron chi connectivity index (χ0n) is 12.5. The van der Waals surface area contributed by atoms with Crippen LogP contribution in [0, 0.1) is 6.92 Å². The number of thiophene rings is 1. The van der Waals surface area contributed by atoms with Gasteiger partial charge in [0.15, 0.2) is 0 Å². The lowest BCUT2D eigenvalue weighted by atomic mass is 10.2. The van der Waals surface area contributed by atoms with Crippen LogP contribution >= 0.6 is 22.9 Å². The van der Waals surface area contributed by atoms with Crippen LogP contribution in [0.1, 0.15) is 29.3 Å². The van der Waals surface area contributed by atoms with Crippen LogP contribution in [0.3, 0.4) is 0 Å². The molecule has 1 aliphatic rings. The third-order valence-corrected chi connectivity index (χ3v) is 5.25. The Bertz CT molecular complexity index is 657. The molecule has 1 fully saturated rings. The fraction of sp³-hybridized carbons (Fsp3) is 0.353. The van der Waals surface area contributed by atoms with Crippen molar-refractivity contribution in [1.29, 1.82) is 0 Å². The summed E-state index contributed by atoms with van der Waals surface area (Å²) < 4.78 is 0. The molecular formula is C17H19ClN2OS. The van der Waals surface area contributed by atoms with E-state index >= 15 is 0 Å². The number of amides is 1. The van der Waals surface area contributed by atoms with Crippen molar-refractivity contribution in [3.63, 3.8) is 0 Å². The zero-order valence-corrected chi connectivity index (χ0v) is 14.1. The summed E-state index contributed by atoms with van der Waals surface area (Å²) in [6.07, 6.45) is 2.28. The molecule has 1 amide bonds. The number of benzene rings is 1. The molecule has 0 spiro atoms. The van der Waals surface area contributed by atoms with E-state index in [0.717, 1.165) is 30.6 Å². The molecule has 1 saturated heterocycles. The first-order valence-electron chi connectivity index (χ1n) is 7.47. The molecule has 22 heavy (non-hydrogen) atoms. The molecule has 0 unspecified atom stereocenters. The summed E-state index contributed by atoms with van der Waals surface area (Å²) in [5, 5.41) is 5.78. The average molecular weight is 335 g/mol. The predicted molar refractivity (Wildman–Crippen MR) is 92.7 cm³/mol. The van der Waals surface area contributed by atoms with Gasteiger partial charge in [0, 0.05) is 21.6 Å². The molecular weight excluding hydrogens is 316 g/mol. The van der Waals surface area contributed by atoms with Crippen LogP contribution in [-0.4, -0.2) is 23.9 Å². The first-order chi connectivity index (χ1) is 10.6. The van der Waals surface area contributed by atoms with Crippen LogP contribution in [0.4, 0.5) is 5.69 Å². The molecule has 116 valence electrons. The van der Waals surface area contributed by atoms with Crippen molar-refractivity contribution in [3.05, 3.63) is 51.2 Å². The van der Waals surface area contributed by atoms with E-state index < -0.39 is 0 Å². The highest BCUT2D eigenvalue weighted by Crippen LogP contribution is 2.34. The maximum absolute atomic E-state index is 12.3. The first kappa shape index (κ1) is 15.5. The minimum atomic E-state index is 0.0360. The van der Waals surface area contributed by atoms with Gasteiger partial charge in [-0.05, 0) is 61.5 Å². The Kier molecular flexibility index (Phi) is 4.81. The molecule has 1 N–H and O–H groups in total. The van der Waals surface area contributed by atoms with Crippen molar-refractivity contribution >= 4 is 34.5 Å². The molecule has 1 aliphatic heterocycles. The molecule has 5 heteroatoms. The van der Waals surface area contributed by atoms with E-state index in [1.165, 1.54) is 4.88 Å². The molecule has 3 rings (SSSR count). The van der Waals surface area contributed by atoms with Gasteiger partial charge >= 0.3 is 0 Å². The van der Waals surface area contributed by atoms with E-state index in [1.54, 1.807) is 17.4 Å². The number of hydrogen-bond donors (Lipinski definition) is 1. The fourth-order valence-electron chi connectivity index (χ4n) is 2.96. The van der Waals surface area contributed by atoms with Crippen molar-refractivity contribution in [2.24, 2.45) is 0 Å². The number of hydrogen-bond acceptors (Lipinski definition) is 3. The van der Waals surface area contributed by atoms with E-state index in [9.17, 15) is 4.79 Å². The highest BCUT2D eigenvalue weighted by atomic mass is 35.5. The van der Waals surface area contributed by atoms with Crippen LogP contribution < -0.4 is 5.32 Å². The molecule has 2 aromatic rings. The van der Waals surface area contributed by atoms with Gasteiger partial charge < -0.3 is 5.32 Å². The van der Waals surface area contributed by atoms with Crippen LogP contribution in [0.2, 0.25) is 5.02 Å². The summed E-state index contributed by atoms with van der Waals surface area (Å²) in [6, 6.07) is 10.1. The minimum Gasteiger partial charge on any atom is -0.325 e. The SMILES string of the molecule is Cc1cc(Cl)ccc1NC(=O)CN1CCC[C@@H]1c1cccs1. The first-order valence-corrected chi connectivity index (χ1v) is 8.73. The Morgan fingerprint density at radius 1 is 1.45 bits per heavy atom. The topological polar surface area (TPSA) is 32.3 Å². The molecule has 1 aromatic heterocycles. The Morgan fingerprint density at radius 3 is 3.05 bits per heavy atom. The number of rotatable bonds is 4. The predicted octanol–water partition coefficient (Wildman–Crippen LogP) is 4.49. The lowest BCUT2D eigenvalue weighted by Crippen LogP contribution is -2.32. The normalized spacial score (nSPS) is 18.5. The lowest BCUT2D eigenvalue weighted by molar-refractivity contribution is -0.117. The van der Waals surface area contributed by atoms with Crippen molar-refractivity contribution < 1.29 is 4.79 Å². The second-order valence-corrected chi connectivity index (χ2v) is 7.07. The lowest BCUT2D eigenvalue weighted by Gasteiger charge is -2.23. The average Bonchev–Trinajstić information content (AvgIpc) is 3.12. The summed E-state index contributed by atoms with van der Waals surface area (Å²) >= 11 is 7.72. The summed E-state index contributed by atoms with van der Waals surface area (Å²) in [6.45, 7) is 3.37. The van der Waals surface area contributed by atoms with Crippen LogP contribution in [0.25, 0.3) is 0 Å². The smallest absolute Gasteiger partial charge is 0.238 e. The Hall–Kier alpha value is -1.36. The van der Waals surface area contributed by atoms with E-state index in [0.29, 0.717) is 17.6 Å². The van der Waals surface area contributed by atoms with E-state index in [4.69, 9.17) is 11.6 Å². The highest BCUT2D eigenvalue weighted by molar-refractivity contribution is 7.10. The van der Waals surface area contributed by atoms with Crippen molar-refractivity contribution in [2.75, 3.05) is 18.4 Å². The molecule has 0 saturated carbocycles. The van der Waals surface area contributed by atoms with Gasteiger partial charge in [-0.2, -0.15) is 0 Å². The third kappa shape index (κ3) is 3.51. The Balaban J connectivity index is 1.64. The minimum absolute atomic E-state index is 0.0360. The number of carbonyl (C=O) groups excluding carboxylic acids is 1. The number of halogens is 1. The highest BCUT2D eigenvalue weighted by Gasteiger charge is 2.28. The summed E-state index contributed by atoms with van der Waals surface area (Å²) in [4.78, 5) is 16.0. The number of nitrogens with zero attached hydrogens (tertiary/aromatic N) is 1. The van der Waals surface area contributed by atoms with E-state index in [1.807, 2.05) is 19.1 Å². The quantitative estimate of drug-likeness (QED) is 0.893. The summed E-state index contributed by atoms with van der Waals surface area (Å²) in [5.41, 5.74) is 1.82. The van der Waals surface area contributed by atoms with E-state index in [2.05, 4.69) is 27.7 Å². The van der Waals surface area contributed by atoms with Crippen molar-refractivity contribution in [1.82, 2.24) is 4.90 Å². The zero-order chi connectivity index (χ0) is 15.5. The van der Waals surface area contributed by atoms with Crippen molar-refractivity contribution in [3.8, 4) is 0 Å². The molecule has 1 atom stereocenters. The van der Waals surface area contributed by atoms with Gasteiger partial charge in [0.1, 0.15) is 0 Å². The number of nitrogens with one attached hydrogen (secondary N) is 1. The standard InChI is InChI=1S/C17H19ClN2OS/c1-12-10-13(18)6-7-14(12)19-17(21)11-20-8-2-4-15(20)16-5-3-9-22-16/h3,5-7,9-10,15H,2,4,8,11H2,1H3,(H,19,21)/t15-/m1/s1. The van der Waals surface area contributed by atoms with Gasteiger partial charge in [0.05, 0.1) is 6.54 Å². The molecule has 0 aliphatic carbocycles. The number of aryl methyl sites for hydroxylation is 1. The number of likely N-dealkylation sites (tertiary alicyclic amines) is 1. The summed E-state index contributed by atoms with van der Waals surface area (Å²) in [7, 11) is 0. The molecule has 1 aromatic carbocycles. The van der Waals surface area contributed by atoms with Gasteiger partial charge in [-0.1, -0.05) is 17.7 Å². The molecule has 0 bridgehead atoms. The Morgan fingerprint density at radius 2 is 2.32 bits per heavy atom. The third-order valence-electron chi connectivity index (χ3n) is 4.04. The largest absolute Gasteiger partial charge is 0.325 e. The molecule has 0 radical (unpaired) electrons. The maximum Gasteiger partial charge on any atom is 0.238 e. The fourth-order valence-corrected chi connectivity index (χ4v) is 4.08. The second-order valence-electron chi connectivity index (χ2n) is 5.65. The van der Waals surface area contributed by atoms with Gasteiger partial charge in [-0.3, -0.25) is 9.69 Å². The second kappa shape index (κ2) is 6.82. The van der Waals surface area contributed by atoms with Crippen LogP contribution in [0.5, 0.6) is 0 Å². The van der Waals surface area contributed by atoms with Gasteiger partial charge in [-0.25, -0.2) is 0 Å². The molecule has 2 heterocycles. The van der Waals surface area contributed by atoms with Gasteiger partial charge in [-0.15, -0.1) is 11.3 Å². The van der Waals surface area contributed by atoms with Crippen molar-refractivity contribution in [2.45, 2.75) is 25.8 Å². The van der Waals surface area contributed by atoms with Crippen LogP contribution in [0.15, 0.2) is 35.7 Å².